The molecule has 2 fully saturated rings. The highest BCUT2D eigenvalue weighted by Gasteiger charge is 2.38. The molecule has 2 unspecified atom stereocenters. The summed E-state index contributed by atoms with van der Waals surface area (Å²) in [5, 5.41) is 13.9. The second-order valence-electron chi connectivity index (χ2n) is 16.2. The predicted molar refractivity (Wildman–Crippen MR) is 229 cm³/mol. The van der Waals surface area contributed by atoms with Crippen LogP contribution in [0.1, 0.15) is 56.6 Å². The topological polar surface area (TPSA) is 62.5 Å². The van der Waals surface area contributed by atoms with Crippen LogP contribution < -0.4 is 0 Å². The average Bonchev–Trinajstić information content (AvgIpc) is 3.64. The summed E-state index contributed by atoms with van der Waals surface area (Å²) in [5.74, 6) is 3.68. The van der Waals surface area contributed by atoms with Gasteiger partial charge in [-0.1, -0.05) is 153 Å². The highest BCUT2D eigenvalue weighted by molar-refractivity contribution is 6.20. The Labute approximate surface area is 328 Å². The van der Waals surface area contributed by atoms with Gasteiger partial charge < -0.3 is 0 Å². The van der Waals surface area contributed by atoms with Crippen LogP contribution in [0.15, 0.2) is 152 Å². The first-order chi connectivity index (χ1) is 27.5. The van der Waals surface area contributed by atoms with Crippen molar-refractivity contribution < 1.29 is 0 Å². The molecule has 2 bridgehead atoms. The van der Waals surface area contributed by atoms with Gasteiger partial charge in [-0.05, 0) is 110 Å². The zero-order valence-electron chi connectivity index (χ0n) is 31.6. The summed E-state index contributed by atoms with van der Waals surface area (Å²) in [6.07, 6.45) is 8.22. The lowest BCUT2D eigenvalue weighted by Gasteiger charge is -2.32. The first kappa shape index (κ1) is 34.1. The van der Waals surface area contributed by atoms with Gasteiger partial charge in [-0.15, -0.1) is 0 Å². The van der Waals surface area contributed by atoms with E-state index in [-0.39, 0.29) is 5.41 Å². The van der Waals surface area contributed by atoms with Gasteiger partial charge in [0.25, 0.3) is 0 Å². The third-order valence-electron chi connectivity index (χ3n) is 12.7. The van der Waals surface area contributed by atoms with Crippen LogP contribution in [-0.4, -0.2) is 15.0 Å². The summed E-state index contributed by atoms with van der Waals surface area (Å²) in [5.41, 5.74) is 9.71. The van der Waals surface area contributed by atoms with Crippen LogP contribution in [0.5, 0.6) is 0 Å². The molecule has 0 radical (unpaired) electrons. The van der Waals surface area contributed by atoms with Gasteiger partial charge >= 0.3 is 0 Å². The number of nitrogens with zero attached hydrogens (tertiary/aromatic N) is 4. The molecule has 2 aliphatic rings. The maximum Gasteiger partial charge on any atom is 0.165 e. The molecule has 1 heterocycles. The van der Waals surface area contributed by atoms with E-state index in [1.54, 1.807) is 0 Å². The number of rotatable bonds is 6. The molecule has 7 aromatic carbocycles. The number of hydrogen-bond acceptors (Lipinski definition) is 4. The predicted octanol–water partition coefficient (Wildman–Crippen LogP) is 13.2. The Hall–Kier alpha value is -6.44. The Morgan fingerprint density at radius 2 is 1.05 bits per heavy atom. The van der Waals surface area contributed by atoms with Crippen LogP contribution in [0.3, 0.4) is 0 Å². The fourth-order valence-corrected chi connectivity index (χ4v) is 9.78. The van der Waals surface area contributed by atoms with Crippen LogP contribution in [0, 0.1) is 23.2 Å². The van der Waals surface area contributed by atoms with Crippen molar-refractivity contribution >= 4 is 21.5 Å². The van der Waals surface area contributed by atoms with Crippen molar-refractivity contribution in [3.63, 3.8) is 0 Å². The molecule has 4 nitrogen and oxygen atoms in total. The molecule has 4 heteroatoms. The third-order valence-corrected chi connectivity index (χ3v) is 12.7. The van der Waals surface area contributed by atoms with E-state index < -0.39 is 0 Å². The fraction of sp³-hybridized carbons (Fsp3) is 0.192. The van der Waals surface area contributed by atoms with E-state index in [9.17, 15) is 5.26 Å². The second kappa shape index (κ2) is 14.0. The van der Waals surface area contributed by atoms with Crippen molar-refractivity contribution in [2.45, 2.75) is 50.9 Å². The van der Waals surface area contributed by atoms with Crippen LogP contribution >= 0.6 is 0 Å². The number of fused-ring (bicyclic) bond motifs is 4. The summed E-state index contributed by atoms with van der Waals surface area (Å²) >= 11 is 0. The van der Waals surface area contributed by atoms with E-state index in [0.717, 1.165) is 50.4 Å². The minimum absolute atomic E-state index is 0.237. The van der Waals surface area contributed by atoms with E-state index in [0.29, 0.717) is 23.0 Å². The van der Waals surface area contributed by atoms with Gasteiger partial charge in [0.05, 0.1) is 11.6 Å². The van der Waals surface area contributed by atoms with Gasteiger partial charge in [-0.2, -0.15) is 5.26 Å². The fourth-order valence-electron chi connectivity index (χ4n) is 9.78. The summed E-state index contributed by atoms with van der Waals surface area (Å²) in [7, 11) is 0. The summed E-state index contributed by atoms with van der Waals surface area (Å²) in [6.45, 7) is 2.51. The van der Waals surface area contributed by atoms with Crippen molar-refractivity contribution in [1.82, 2.24) is 15.0 Å². The van der Waals surface area contributed by atoms with E-state index in [4.69, 9.17) is 15.0 Å². The number of aromatic nitrogens is 3. The zero-order valence-corrected chi connectivity index (χ0v) is 31.6. The van der Waals surface area contributed by atoms with Crippen LogP contribution in [0.25, 0.3) is 78.0 Å². The molecule has 1 aromatic heterocycles. The Morgan fingerprint density at radius 3 is 1.73 bits per heavy atom. The normalized spacial score (nSPS) is 19.1. The lowest BCUT2D eigenvalue weighted by atomic mass is 9.72. The maximum absolute atomic E-state index is 9.35. The minimum atomic E-state index is 0.237. The zero-order chi connectivity index (χ0) is 37.6. The van der Waals surface area contributed by atoms with Crippen molar-refractivity contribution in [2.24, 2.45) is 11.8 Å². The molecular formula is C52H42N4. The monoisotopic (exact) mass is 722 g/mol. The molecule has 270 valence electrons. The Morgan fingerprint density at radius 1 is 0.500 bits per heavy atom. The van der Waals surface area contributed by atoms with Gasteiger partial charge in [0.2, 0.25) is 0 Å². The first-order valence-corrected chi connectivity index (χ1v) is 20.0. The van der Waals surface area contributed by atoms with E-state index >= 15 is 0 Å². The molecule has 0 saturated heterocycles. The van der Waals surface area contributed by atoms with Crippen molar-refractivity contribution in [1.29, 1.82) is 5.26 Å². The summed E-state index contributed by atoms with van der Waals surface area (Å²) in [4.78, 5) is 15.6. The summed E-state index contributed by atoms with van der Waals surface area (Å²) < 4.78 is 0. The van der Waals surface area contributed by atoms with Crippen LogP contribution in [0.2, 0.25) is 0 Å². The van der Waals surface area contributed by atoms with Gasteiger partial charge in [-0.3, -0.25) is 0 Å². The molecule has 2 saturated carbocycles. The third kappa shape index (κ3) is 6.14. The number of benzene rings is 7. The molecule has 0 N–H and O–H groups in total. The van der Waals surface area contributed by atoms with E-state index in [1.165, 1.54) is 66.0 Å². The summed E-state index contributed by atoms with van der Waals surface area (Å²) in [6, 6.07) is 55.4. The molecule has 0 amide bonds. The lowest BCUT2D eigenvalue weighted by molar-refractivity contribution is 0.326. The molecule has 2 aliphatic carbocycles. The van der Waals surface area contributed by atoms with Gasteiger partial charge in [0.15, 0.2) is 17.5 Å². The van der Waals surface area contributed by atoms with Crippen molar-refractivity contribution in [2.75, 3.05) is 0 Å². The highest BCUT2D eigenvalue weighted by atomic mass is 15.0. The van der Waals surface area contributed by atoms with Crippen molar-refractivity contribution in [3.8, 4) is 62.5 Å². The quantitative estimate of drug-likeness (QED) is 0.160. The van der Waals surface area contributed by atoms with Crippen molar-refractivity contribution in [3.05, 3.63) is 163 Å². The van der Waals surface area contributed by atoms with Crippen LogP contribution in [0.4, 0.5) is 0 Å². The first-order valence-electron chi connectivity index (χ1n) is 20.0. The molecular weight excluding hydrogens is 681 g/mol. The largest absolute Gasteiger partial charge is 0.208 e. The standard InChI is InChI=1S/C52H42N4/c1-52(29-28-34-18-19-36(30-34)32-52)42-26-24-38(25-27-42)47-43-14-5-7-16-45(43)48(46-17-8-6-15-44(46)47)51-55-49(39-10-3-2-4-11-39)54-50(56-51)41-13-9-12-40(31-41)37-22-20-35(33-53)21-23-37/h2-17,20-27,31,34,36H,18-19,28-30,32H2,1H3/t34?,36-,52?/m0/s1. The molecule has 56 heavy (non-hydrogen) atoms. The Bertz CT molecular complexity index is 2730. The number of hydrogen-bond donors (Lipinski definition) is 0. The van der Waals surface area contributed by atoms with Gasteiger partial charge in [0, 0.05) is 16.7 Å². The molecule has 8 aromatic rings. The smallest absolute Gasteiger partial charge is 0.165 e. The van der Waals surface area contributed by atoms with Gasteiger partial charge in [0.1, 0.15) is 0 Å². The molecule has 3 atom stereocenters. The number of nitriles is 1. The van der Waals surface area contributed by atoms with Crippen LogP contribution in [-0.2, 0) is 5.41 Å². The minimum Gasteiger partial charge on any atom is -0.208 e. The molecule has 0 spiro atoms. The molecule has 10 rings (SSSR count). The SMILES string of the molecule is CC1(c2ccc(-c3c4ccccc4c(-c4nc(-c5ccccc5)nc(-c5cccc(-c6ccc(C#N)cc6)c5)n4)c4ccccc34)cc2)CCC2CC[C@@H](C2)C1. The second-order valence-corrected chi connectivity index (χ2v) is 16.2. The Kier molecular flexibility index (Phi) is 8.52. The maximum atomic E-state index is 9.35. The molecule has 0 aliphatic heterocycles. The Balaban J connectivity index is 1.14. The average molecular weight is 723 g/mol. The van der Waals surface area contributed by atoms with Gasteiger partial charge in [-0.25, -0.2) is 15.0 Å². The van der Waals surface area contributed by atoms with E-state index in [1.807, 2.05) is 48.5 Å². The van der Waals surface area contributed by atoms with E-state index in [2.05, 4.69) is 116 Å². The highest BCUT2D eigenvalue weighted by Crippen LogP contribution is 2.49. The lowest BCUT2D eigenvalue weighted by Crippen LogP contribution is -2.24.